The number of amides is 1. The summed E-state index contributed by atoms with van der Waals surface area (Å²) in [7, 11) is 0. The van der Waals surface area contributed by atoms with Gasteiger partial charge in [-0.2, -0.15) is 0 Å². The lowest BCUT2D eigenvalue weighted by molar-refractivity contribution is 0.0950. The van der Waals surface area contributed by atoms with E-state index in [1.807, 2.05) is 62.4 Å². The van der Waals surface area contributed by atoms with E-state index >= 15 is 0 Å². The number of aryl methyl sites for hydroxylation is 2. The number of pyridine rings is 1. The van der Waals surface area contributed by atoms with Crippen molar-refractivity contribution in [3.05, 3.63) is 107 Å². The molecule has 7 heteroatoms. The van der Waals surface area contributed by atoms with Gasteiger partial charge in [0.15, 0.2) is 0 Å². The molecule has 0 saturated carbocycles. The fourth-order valence-electron chi connectivity index (χ4n) is 3.26. The van der Waals surface area contributed by atoms with Gasteiger partial charge in [0.25, 0.3) is 5.91 Å². The van der Waals surface area contributed by atoms with E-state index in [0.717, 1.165) is 34.0 Å². The van der Waals surface area contributed by atoms with Crippen LogP contribution in [0.4, 0.5) is 0 Å². The molecule has 1 amide bonds. The lowest BCUT2D eigenvalue weighted by Crippen LogP contribution is -2.22. The molecule has 0 fully saturated rings. The third-order valence-corrected chi connectivity index (χ3v) is 5.12. The molecule has 0 aliphatic rings. The average Bonchev–Trinajstić information content (AvgIpc) is 3.18. The van der Waals surface area contributed by atoms with Crippen molar-refractivity contribution in [3.8, 4) is 11.5 Å². The van der Waals surface area contributed by atoms with Gasteiger partial charge in [-0.05, 0) is 61.9 Å². The third-order valence-electron chi connectivity index (χ3n) is 5.12. The summed E-state index contributed by atoms with van der Waals surface area (Å²) in [4.78, 5) is 16.9. The SMILES string of the molecule is Cc1noc(C)c1COc1cccc(C(=O)NCc2cccc(OCc3ccccn3)c2)c1. The number of nitrogens with zero attached hydrogens (tertiary/aromatic N) is 2. The zero-order chi connectivity index (χ0) is 23.0. The van der Waals surface area contributed by atoms with E-state index < -0.39 is 0 Å². The number of hydrogen-bond acceptors (Lipinski definition) is 6. The number of ether oxygens (including phenoxy) is 2. The topological polar surface area (TPSA) is 86.5 Å². The Morgan fingerprint density at radius 2 is 1.73 bits per heavy atom. The van der Waals surface area contributed by atoms with Crippen molar-refractivity contribution in [2.24, 2.45) is 0 Å². The van der Waals surface area contributed by atoms with Crippen molar-refractivity contribution in [3.63, 3.8) is 0 Å². The van der Waals surface area contributed by atoms with Crippen molar-refractivity contribution < 1.29 is 18.8 Å². The second kappa shape index (κ2) is 10.5. The molecule has 0 saturated heterocycles. The van der Waals surface area contributed by atoms with Crippen molar-refractivity contribution in [2.75, 3.05) is 0 Å². The Morgan fingerprint density at radius 3 is 2.48 bits per heavy atom. The van der Waals surface area contributed by atoms with Crippen LogP contribution in [-0.4, -0.2) is 16.0 Å². The first-order valence-corrected chi connectivity index (χ1v) is 10.6. The number of benzene rings is 2. The summed E-state index contributed by atoms with van der Waals surface area (Å²) in [6.07, 6.45) is 1.74. The normalized spacial score (nSPS) is 10.6. The fraction of sp³-hybridized carbons (Fsp3) is 0.192. The largest absolute Gasteiger partial charge is 0.489 e. The Balaban J connectivity index is 1.32. The van der Waals surface area contributed by atoms with Gasteiger partial charge in [-0.3, -0.25) is 9.78 Å². The van der Waals surface area contributed by atoms with Gasteiger partial charge in [0.2, 0.25) is 0 Å². The van der Waals surface area contributed by atoms with E-state index in [4.69, 9.17) is 14.0 Å². The van der Waals surface area contributed by atoms with Crippen molar-refractivity contribution in [2.45, 2.75) is 33.6 Å². The van der Waals surface area contributed by atoms with Gasteiger partial charge in [-0.15, -0.1) is 0 Å². The molecular formula is C26H25N3O4. The predicted molar refractivity (Wildman–Crippen MR) is 123 cm³/mol. The minimum absolute atomic E-state index is 0.183. The number of nitrogens with one attached hydrogen (secondary N) is 1. The van der Waals surface area contributed by atoms with Crippen LogP contribution in [0.15, 0.2) is 77.4 Å². The van der Waals surface area contributed by atoms with Crippen LogP contribution in [0.25, 0.3) is 0 Å². The predicted octanol–water partition coefficient (Wildman–Crippen LogP) is 4.77. The van der Waals surface area contributed by atoms with Crippen LogP contribution in [-0.2, 0) is 19.8 Å². The molecule has 2 heterocycles. The molecule has 4 rings (SSSR count). The molecule has 0 spiro atoms. The molecule has 0 aliphatic heterocycles. The standard InChI is InChI=1S/C26H25N3O4/c1-18-25(19(2)33-29-18)17-32-24-11-6-8-21(14-24)26(30)28-15-20-7-5-10-23(13-20)31-16-22-9-3-4-12-27-22/h3-14H,15-17H2,1-2H3,(H,28,30). The summed E-state index contributed by atoms with van der Waals surface area (Å²) in [5, 5.41) is 6.87. The zero-order valence-corrected chi connectivity index (χ0v) is 18.6. The molecule has 7 nitrogen and oxygen atoms in total. The summed E-state index contributed by atoms with van der Waals surface area (Å²) >= 11 is 0. The van der Waals surface area contributed by atoms with Crippen LogP contribution < -0.4 is 14.8 Å². The highest BCUT2D eigenvalue weighted by molar-refractivity contribution is 5.94. The maximum Gasteiger partial charge on any atom is 0.251 e. The van der Waals surface area contributed by atoms with Crippen molar-refractivity contribution >= 4 is 5.91 Å². The Kier molecular flexibility index (Phi) is 6.99. The molecule has 0 bridgehead atoms. The van der Waals surface area contributed by atoms with E-state index in [1.54, 1.807) is 24.4 Å². The van der Waals surface area contributed by atoms with Crippen molar-refractivity contribution in [1.29, 1.82) is 0 Å². The molecule has 1 N–H and O–H groups in total. The van der Waals surface area contributed by atoms with Gasteiger partial charge >= 0.3 is 0 Å². The first kappa shape index (κ1) is 22.1. The molecule has 0 aliphatic carbocycles. The molecule has 0 radical (unpaired) electrons. The van der Waals surface area contributed by atoms with Crippen LogP contribution in [0.5, 0.6) is 11.5 Å². The van der Waals surface area contributed by atoms with Gasteiger partial charge in [0.05, 0.1) is 17.0 Å². The summed E-state index contributed by atoms with van der Waals surface area (Å²) in [5.74, 6) is 1.87. The molecule has 168 valence electrons. The Hall–Kier alpha value is -4.13. The van der Waals surface area contributed by atoms with E-state index in [-0.39, 0.29) is 5.91 Å². The summed E-state index contributed by atoms with van der Waals surface area (Å²) < 4.78 is 16.8. The van der Waals surface area contributed by atoms with Crippen LogP contribution in [0.3, 0.4) is 0 Å². The minimum atomic E-state index is -0.183. The second-order valence-corrected chi connectivity index (χ2v) is 7.56. The Bertz CT molecular complexity index is 1200. The van der Waals surface area contributed by atoms with Crippen LogP contribution in [0.2, 0.25) is 0 Å². The highest BCUT2D eigenvalue weighted by Gasteiger charge is 2.11. The summed E-state index contributed by atoms with van der Waals surface area (Å²) in [6, 6.07) is 20.4. The van der Waals surface area contributed by atoms with Gasteiger partial charge in [0.1, 0.15) is 30.5 Å². The molecule has 33 heavy (non-hydrogen) atoms. The first-order chi connectivity index (χ1) is 16.1. The van der Waals surface area contributed by atoms with Gasteiger partial charge in [-0.1, -0.05) is 29.4 Å². The maximum absolute atomic E-state index is 12.7. The summed E-state index contributed by atoms with van der Waals surface area (Å²) in [6.45, 7) is 4.82. The van der Waals surface area contributed by atoms with Crippen LogP contribution in [0.1, 0.15) is 38.6 Å². The van der Waals surface area contributed by atoms with Crippen LogP contribution >= 0.6 is 0 Å². The zero-order valence-electron chi connectivity index (χ0n) is 18.6. The highest BCUT2D eigenvalue weighted by atomic mass is 16.5. The van der Waals surface area contributed by atoms with Gasteiger partial charge < -0.3 is 19.3 Å². The van der Waals surface area contributed by atoms with Crippen LogP contribution in [0, 0.1) is 13.8 Å². The molecule has 0 atom stereocenters. The first-order valence-electron chi connectivity index (χ1n) is 10.6. The number of aromatic nitrogens is 2. The van der Waals surface area contributed by atoms with E-state index in [1.165, 1.54) is 0 Å². The monoisotopic (exact) mass is 443 g/mol. The number of rotatable bonds is 9. The lowest BCUT2D eigenvalue weighted by Gasteiger charge is -2.10. The summed E-state index contributed by atoms with van der Waals surface area (Å²) in [5.41, 5.74) is 4.02. The molecule has 2 aromatic heterocycles. The number of carbonyl (C=O) groups is 1. The maximum atomic E-state index is 12.7. The average molecular weight is 444 g/mol. The second-order valence-electron chi connectivity index (χ2n) is 7.56. The van der Waals surface area contributed by atoms with Gasteiger partial charge in [0, 0.05) is 18.3 Å². The van der Waals surface area contributed by atoms with Gasteiger partial charge in [-0.25, -0.2) is 0 Å². The smallest absolute Gasteiger partial charge is 0.251 e. The van der Waals surface area contributed by atoms with E-state index in [0.29, 0.717) is 31.1 Å². The quantitative estimate of drug-likeness (QED) is 0.401. The molecule has 4 aromatic rings. The lowest BCUT2D eigenvalue weighted by atomic mass is 10.1. The number of carbonyl (C=O) groups excluding carboxylic acids is 1. The van der Waals surface area contributed by atoms with Crippen molar-refractivity contribution in [1.82, 2.24) is 15.5 Å². The Labute approximate surface area is 192 Å². The molecule has 0 unspecified atom stereocenters. The third kappa shape index (κ3) is 5.98. The fourth-order valence-corrected chi connectivity index (χ4v) is 3.26. The molecular weight excluding hydrogens is 418 g/mol. The molecule has 2 aromatic carbocycles. The highest BCUT2D eigenvalue weighted by Crippen LogP contribution is 2.19. The Morgan fingerprint density at radius 1 is 0.939 bits per heavy atom. The van der Waals surface area contributed by atoms with E-state index in [9.17, 15) is 4.79 Å². The minimum Gasteiger partial charge on any atom is -0.489 e. The number of hydrogen-bond donors (Lipinski definition) is 1. The van der Waals surface area contributed by atoms with E-state index in [2.05, 4.69) is 15.5 Å².